The van der Waals surface area contributed by atoms with Crippen LogP contribution in [0.4, 0.5) is 0 Å². The van der Waals surface area contributed by atoms with Crippen molar-refractivity contribution in [3.05, 3.63) is 82.4 Å². The predicted octanol–water partition coefficient (Wildman–Crippen LogP) is 1.73. The Bertz CT molecular complexity index is 998. The van der Waals surface area contributed by atoms with Crippen LogP contribution in [0.3, 0.4) is 0 Å². The number of hydrogen-bond donors (Lipinski definition) is 1. The summed E-state index contributed by atoms with van der Waals surface area (Å²) in [5.41, 5.74) is 0.612. The standard InChI is InChI=1S/C19H17N3O4/c1-26-17(23)11-15(13-7-3-2-4-8-13)21-18(24)14-12-20-16-9-5-6-10-22(16)19(14)25/h2-10,12,15H,11H2,1H3,(H,21,24)/t15-/m1/s1. The minimum absolute atomic E-state index is 0.0470. The van der Waals surface area contributed by atoms with Gasteiger partial charge in [0.25, 0.3) is 11.5 Å². The summed E-state index contributed by atoms with van der Waals surface area (Å²) in [6.07, 6.45) is 2.74. The lowest BCUT2D eigenvalue weighted by Gasteiger charge is -2.18. The van der Waals surface area contributed by atoms with E-state index in [-0.39, 0.29) is 12.0 Å². The number of aromatic nitrogens is 2. The van der Waals surface area contributed by atoms with Crippen LogP contribution >= 0.6 is 0 Å². The number of nitrogens with one attached hydrogen (secondary N) is 1. The number of carbonyl (C=O) groups is 2. The highest BCUT2D eigenvalue weighted by molar-refractivity contribution is 5.94. The van der Waals surface area contributed by atoms with E-state index in [1.165, 1.54) is 17.7 Å². The number of nitrogens with zero attached hydrogens (tertiary/aromatic N) is 2. The molecule has 2 aromatic heterocycles. The maximum Gasteiger partial charge on any atom is 0.307 e. The fourth-order valence-electron chi connectivity index (χ4n) is 2.61. The van der Waals surface area contributed by atoms with Gasteiger partial charge in [-0.2, -0.15) is 0 Å². The van der Waals surface area contributed by atoms with Crippen LogP contribution in [0, 0.1) is 0 Å². The molecule has 7 nitrogen and oxygen atoms in total. The monoisotopic (exact) mass is 351 g/mol. The van der Waals surface area contributed by atoms with Crippen molar-refractivity contribution in [3.8, 4) is 0 Å². The maximum absolute atomic E-state index is 12.6. The molecule has 0 saturated carbocycles. The average Bonchev–Trinajstić information content (AvgIpc) is 2.68. The molecule has 26 heavy (non-hydrogen) atoms. The van der Waals surface area contributed by atoms with Gasteiger partial charge in [0.05, 0.1) is 19.6 Å². The third-order valence-electron chi connectivity index (χ3n) is 3.96. The van der Waals surface area contributed by atoms with Crippen LogP contribution in [0.15, 0.2) is 65.7 Å². The van der Waals surface area contributed by atoms with Gasteiger partial charge in [-0.25, -0.2) is 4.98 Å². The smallest absolute Gasteiger partial charge is 0.307 e. The molecule has 0 fully saturated rings. The molecule has 0 radical (unpaired) electrons. The number of carbonyl (C=O) groups excluding carboxylic acids is 2. The first-order valence-corrected chi connectivity index (χ1v) is 7.99. The third-order valence-corrected chi connectivity index (χ3v) is 3.96. The zero-order chi connectivity index (χ0) is 18.5. The Hall–Kier alpha value is -3.48. The zero-order valence-electron chi connectivity index (χ0n) is 14.1. The van der Waals surface area contributed by atoms with Gasteiger partial charge in [0, 0.05) is 12.4 Å². The number of fused-ring (bicyclic) bond motifs is 1. The number of benzene rings is 1. The van der Waals surface area contributed by atoms with E-state index < -0.39 is 23.5 Å². The van der Waals surface area contributed by atoms with Gasteiger partial charge in [0.15, 0.2) is 0 Å². The van der Waals surface area contributed by atoms with Crippen LogP contribution < -0.4 is 10.9 Å². The Morgan fingerprint density at radius 3 is 2.62 bits per heavy atom. The highest BCUT2D eigenvalue weighted by atomic mass is 16.5. The second-order valence-electron chi connectivity index (χ2n) is 5.62. The van der Waals surface area contributed by atoms with Gasteiger partial charge in [-0.1, -0.05) is 36.4 Å². The molecule has 1 N–H and O–H groups in total. The Labute approximate surface area is 149 Å². The summed E-state index contributed by atoms with van der Waals surface area (Å²) in [7, 11) is 1.28. The third kappa shape index (κ3) is 3.61. The molecule has 7 heteroatoms. The molecule has 0 spiro atoms. The number of pyridine rings is 1. The minimum atomic E-state index is -0.618. The zero-order valence-corrected chi connectivity index (χ0v) is 14.1. The quantitative estimate of drug-likeness (QED) is 0.707. The Kier molecular flexibility index (Phi) is 5.07. The molecule has 0 bridgehead atoms. The number of amides is 1. The predicted molar refractivity (Wildman–Crippen MR) is 94.7 cm³/mol. The van der Waals surface area contributed by atoms with E-state index in [0.717, 1.165) is 5.56 Å². The summed E-state index contributed by atoms with van der Waals surface area (Å²) < 4.78 is 6.00. The van der Waals surface area contributed by atoms with Gasteiger partial charge in [0.2, 0.25) is 0 Å². The molecule has 132 valence electrons. The van der Waals surface area contributed by atoms with E-state index in [9.17, 15) is 14.4 Å². The topological polar surface area (TPSA) is 89.8 Å². The van der Waals surface area contributed by atoms with Crippen molar-refractivity contribution in [2.75, 3.05) is 7.11 Å². The molecule has 0 unspecified atom stereocenters. The van der Waals surface area contributed by atoms with E-state index in [1.54, 1.807) is 48.7 Å². The molecule has 3 aromatic rings. The molecule has 2 heterocycles. The Balaban J connectivity index is 1.91. The maximum atomic E-state index is 12.6. The lowest BCUT2D eigenvalue weighted by molar-refractivity contribution is -0.141. The molecule has 0 aliphatic rings. The van der Waals surface area contributed by atoms with E-state index in [0.29, 0.717) is 5.65 Å². The molecular formula is C19H17N3O4. The Morgan fingerprint density at radius 2 is 1.88 bits per heavy atom. The van der Waals surface area contributed by atoms with Crippen molar-refractivity contribution in [2.45, 2.75) is 12.5 Å². The van der Waals surface area contributed by atoms with Gasteiger partial charge < -0.3 is 10.1 Å². The number of esters is 1. The van der Waals surface area contributed by atoms with Crippen molar-refractivity contribution in [1.82, 2.24) is 14.7 Å². The van der Waals surface area contributed by atoms with Gasteiger partial charge in [-0.3, -0.25) is 18.8 Å². The first-order valence-electron chi connectivity index (χ1n) is 7.99. The van der Waals surface area contributed by atoms with E-state index in [4.69, 9.17) is 4.74 Å². The SMILES string of the molecule is COC(=O)C[C@@H](NC(=O)c1cnc2ccccn2c1=O)c1ccccc1. The van der Waals surface area contributed by atoms with Crippen LogP contribution in [0.2, 0.25) is 0 Å². The van der Waals surface area contributed by atoms with Crippen LogP contribution in [0.1, 0.15) is 28.4 Å². The molecule has 0 saturated heterocycles. The lowest BCUT2D eigenvalue weighted by Crippen LogP contribution is -2.35. The fourth-order valence-corrected chi connectivity index (χ4v) is 2.61. The molecule has 0 aliphatic carbocycles. The summed E-state index contributed by atoms with van der Waals surface area (Å²) in [6, 6.07) is 13.5. The highest BCUT2D eigenvalue weighted by Crippen LogP contribution is 2.17. The first kappa shape index (κ1) is 17.3. The van der Waals surface area contributed by atoms with Crippen molar-refractivity contribution < 1.29 is 14.3 Å². The second-order valence-corrected chi connectivity index (χ2v) is 5.62. The number of methoxy groups -OCH3 is 1. The molecule has 1 atom stereocenters. The average molecular weight is 351 g/mol. The van der Waals surface area contributed by atoms with Crippen LogP contribution in [-0.2, 0) is 9.53 Å². The van der Waals surface area contributed by atoms with Gasteiger partial charge >= 0.3 is 5.97 Å². The van der Waals surface area contributed by atoms with Gasteiger partial charge in [-0.15, -0.1) is 0 Å². The van der Waals surface area contributed by atoms with Gasteiger partial charge in [-0.05, 0) is 17.7 Å². The minimum Gasteiger partial charge on any atom is -0.469 e. The van der Waals surface area contributed by atoms with E-state index >= 15 is 0 Å². The molecule has 1 aromatic carbocycles. The second kappa shape index (κ2) is 7.60. The number of ether oxygens (including phenoxy) is 1. The number of rotatable bonds is 5. The van der Waals surface area contributed by atoms with Crippen molar-refractivity contribution in [2.24, 2.45) is 0 Å². The summed E-state index contributed by atoms with van der Waals surface area (Å²) in [5.74, 6) is -1.06. The highest BCUT2D eigenvalue weighted by Gasteiger charge is 2.21. The fraction of sp³-hybridized carbons (Fsp3) is 0.158. The van der Waals surface area contributed by atoms with Crippen molar-refractivity contribution in [3.63, 3.8) is 0 Å². The summed E-state index contributed by atoms with van der Waals surface area (Å²) in [5, 5.41) is 2.73. The molecule has 3 rings (SSSR count). The summed E-state index contributed by atoms with van der Waals surface area (Å²) >= 11 is 0. The van der Waals surface area contributed by atoms with E-state index in [2.05, 4.69) is 10.3 Å². The molecule has 0 aliphatic heterocycles. The summed E-state index contributed by atoms with van der Waals surface area (Å²) in [4.78, 5) is 41.0. The number of hydrogen-bond acceptors (Lipinski definition) is 5. The first-order chi connectivity index (χ1) is 12.6. The molecule has 1 amide bonds. The Morgan fingerprint density at radius 1 is 1.15 bits per heavy atom. The van der Waals surface area contributed by atoms with Crippen molar-refractivity contribution in [1.29, 1.82) is 0 Å². The van der Waals surface area contributed by atoms with Crippen LogP contribution in [0.5, 0.6) is 0 Å². The van der Waals surface area contributed by atoms with Gasteiger partial charge in [0.1, 0.15) is 11.2 Å². The normalized spacial score (nSPS) is 11.7. The summed E-state index contributed by atoms with van der Waals surface area (Å²) in [6.45, 7) is 0. The van der Waals surface area contributed by atoms with Crippen LogP contribution in [0.25, 0.3) is 5.65 Å². The lowest BCUT2D eigenvalue weighted by atomic mass is 10.0. The van der Waals surface area contributed by atoms with Crippen LogP contribution in [-0.4, -0.2) is 28.4 Å². The molecular weight excluding hydrogens is 334 g/mol. The van der Waals surface area contributed by atoms with E-state index in [1.807, 2.05) is 6.07 Å². The van der Waals surface area contributed by atoms with Crippen molar-refractivity contribution >= 4 is 17.5 Å². The largest absolute Gasteiger partial charge is 0.469 e.